The second-order valence-corrected chi connectivity index (χ2v) is 2.98. The predicted molar refractivity (Wildman–Crippen MR) is 64.2 cm³/mol. The van der Waals surface area contributed by atoms with Crippen molar-refractivity contribution in [2.24, 2.45) is 0 Å². The number of aromatic nitrogens is 1. The van der Waals surface area contributed by atoms with Crippen LogP contribution in [-0.4, -0.2) is 18.1 Å². The van der Waals surface area contributed by atoms with Crippen LogP contribution in [0.4, 0.5) is 0 Å². The number of halogens is 2. The van der Waals surface area contributed by atoms with Gasteiger partial charge in [0.15, 0.2) is 0 Å². The van der Waals surface area contributed by atoms with Gasteiger partial charge in [-0.15, -0.1) is 24.8 Å². The molecule has 0 radical (unpaired) electrons. The average molecular weight is 233 g/mol. The summed E-state index contributed by atoms with van der Waals surface area (Å²) in [6.45, 7) is 2.13. The maximum Gasteiger partial charge on any atom is 0.0629 e. The van der Waals surface area contributed by atoms with Gasteiger partial charge in [0.25, 0.3) is 0 Å². The molecule has 0 saturated carbocycles. The van der Waals surface area contributed by atoms with E-state index in [9.17, 15) is 0 Å². The molecule has 0 aromatic carbocycles. The fraction of sp³-hybridized carbons (Fsp3) is 0.300. The maximum atomic E-state index is 4.24. The summed E-state index contributed by atoms with van der Waals surface area (Å²) in [5.74, 6) is 0. The molecule has 4 heteroatoms. The molecule has 78 valence electrons. The van der Waals surface area contributed by atoms with Crippen LogP contribution in [0.15, 0.2) is 30.0 Å². The van der Waals surface area contributed by atoms with Crippen molar-refractivity contribution in [3.63, 3.8) is 0 Å². The van der Waals surface area contributed by atoms with Gasteiger partial charge >= 0.3 is 0 Å². The molecule has 0 aliphatic carbocycles. The highest BCUT2D eigenvalue weighted by molar-refractivity contribution is 5.85. The van der Waals surface area contributed by atoms with Gasteiger partial charge in [0.05, 0.1) is 5.69 Å². The first-order chi connectivity index (χ1) is 5.95. The number of hydrogen-bond donors (Lipinski definition) is 1. The fourth-order valence-corrected chi connectivity index (χ4v) is 1.38. The number of hydrogen-bond acceptors (Lipinski definition) is 2. The normalized spacial score (nSPS) is 17.3. The summed E-state index contributed by atoms with van der Waals surface area (Å²) in [6, 6.07) is 5.99. The molecule has 1 aromatic heterocycles. The minimum atomic E-state index is 0. The van der Waals surface area contributed by atoms with Crippen molar-refractivity contribution in [2.45, 2.75) is 6.42 Å². The van der Waals surface area contributed by atoms with Crippen LogP contribution in [0.3, 0.4) is 0 Å². The Hall–Kier alpha value is -0.570. The summed E-state index contributed by atoms with van der Waals surface area (Å²) in [7, 11) is 0. The van der Waals surface area contributed by atoms with Crippen molar-refractivity contribution in [3.05, 3.63) is 35.7 Å². The molecule has 0 unspecified atom stereocenters. The lowest BCUT2D eigenvalue weighted by Crippen LogP contribution is -2.04. The topological polar surface area (TPSA) is 24.9 Å². The molecule has 14 heavy (non-hydrogen) atoms. The molecule has 2 rings (SSSR count). The number of rotatable bonds is 1. The van der Waals surface area contributed by atoms with Crippen LogP contribution < -0.4 is 5.32 Å². The Morgan fingerprint density at radius 2 is 2.14 bits per heavy atom. The van der Waals surface area contributed by atoms with Gasteiger partial charge in [-0.3, -0.25) is 4.98 Å². The van der Waals surface area contributed by atoms with Gasteiger partial charge < -0.3 is 5.32 Å². The minimum Gasteiger partial charge on any atom is -0.313 e. The Labute approximate surface area is 96.6 Å². The van der Waals surface area contributed by atoms with E-state index in [-0.39, 0.29) is 24.8 Å². The van der Waals surface area contributed by atoms with Gasteiger partial charge in [0.1, 0.15) is 0 Å². The molecule has 2 heterocycles. The molecule has 0 bridgehead atoms. The monoisotopic (exact) mass is 232 g/mol. The molecule has 0 atom stereocenters. The van der Waals surface area contributed by atoms with Gasteiger partial charge in [-0.05, 0) is 31.2 Å². The minimum absolute atomic E-state index is 0. The third kappa shape index (κ3) is 3.66. The third-order valence-electron chi connectivity index (χ3n) is 2.01. The molecular weight excluding hydrogens is 219 g/mol. The summed E-state index contributed by atoms with van der Waals surface area (Å²) in [5, 5.41) is 3.30. The van der Waals surface area contributed by atoms with Crippen LogP contribution >= 0.6 is 24.8 Å². The summed E-state index contributed by atoms with van der Waals surface area (Å²) >= 11 is 0. The summed E-state index contributed by atoms with van der Waals surface area (Å²) < 4.78 is 0. The van der Waals surface area contributed by atoms with Crippen molar-refractivity contribution in [2.75, 3.05) is 13.1 Å². The highest BCUT2D eigenvalue weighted by atomic mass is 35.5. The van der Waals surface area contributed by atoms with Crippen LogP contribution in [0.1, 0.15) is 12.1 Å². The Morgan fingerprint density at radius 3 is 2.71 bits per heavy atom. The van der Waals surface area contributed by atoms with Gasteiger partial charge in [0, 0.05) is 12.7 Å². The largest absolute Gasteiger partial charge is 0.313 e. The van der Waals surface area contributed by atoms with Gasteiger partial charge in [0.2, 0.25) is 0 Å². The fourth-order valence-electron chi connectivity index (χ4n) is 1.38. The number of nitrogens with zero attached hydrogens (tertiary/aromatic N) is 1. The molecule has 1 N–H and O–H groups in total. The molecule has 1 saturated heterocycles. The Morgan fingerprint density at radius 1 is 1.29 bits per heavy atom. The molecular formula is C10H14Cl2N2. The lowest BCUT2D eigenvalue weighted by Gasteiger charge is -1.94. The first-order valence-corrected chi connectivity index (χ1v) is 4.26. The summed E-state index contributed by atoms with van der Waals surface area (Å²) in [6.07, 6.45) is 5.16. The second kappa shape index (κ2) is 6.82. The molecule has 1 aromatic rings. The Balaban J connectivity index is 0.000000845. The van der Waals surface area contributed by atoms with E-state index in [1.165, 1.54) is 5.57 Å². The van der Waals surface area contributed by atoms with Gasteiger partial charge in [-0.2, -0.15) is 0 Å². The molecule has 1 aliphatic heterocycles. The SMILES string of the molecule is C(=C1\CCNC1)/c1ccccn1.Cl.Cl. The Bertz CT molecular complexity index is 277. The molecule has 1 fully saturated rings. The summed E-state index contributed by atoms with van der Waals surface area (Å²) in [4.78, 5) is 4.24. The lowest BCUT2D eigenvalue weighted by atomic mass is 10.2. The number of nitrogens with one attached hydrogen (secondary N) is 1. The molecule has 0 spiro atoms. The standard InChI is InChI=1S/C10H12N2.2ClH/c1-2-5-12-10(3-1)7-9-4-6-11-8-9;;/h1-3,5,7,11H,4,6,8H2;2*1H/b9-7-;;. The zero-order valence-electron chi connectivity index (χ0n) is 7.77. The third-order valence-corrected chi connectivity index (χ3v) is 2.01. The van der Waals surface area contributed by atoms with Gasteiger partial charge in [-0.1, -0.05) is 11.6 Å². The lowest BCUT2D eigenvalue weighted by molar-refractivity contribution is 0.862. The molecule has 2 nitrogen and oxygen atoms in total. The zero-order valence-corrected chi connectivity index (χ0v) is 9.40. The first kappa shape index (κ1) is 13.4. The van der Waals surface area contributed by atoms with Crippen LogP contribution in [0, 0.1) is 0 Å². The number of pyridine rings is 1. The first-order valence-electron chi connectivity index (χ1n) is 4.26. The second-order valence-electron chi connectivity index (χ2n) is 2.98. The molecule has 1 aliphatic rings. The maximum absolute atomic E-state index is 4.24. The highest BCUT2D eigenvalue weighted by Crippen LogP contribution is 2.09. The Kier molecular flexibility index (Phi) is 6.54. The van der Waals surface area contributed by atoms with Crippen LogP contribution in [0.5, 0.6) is 0 Å². The van der Waals surface area contributed by atoms with E-state index in [1.807, 2.05) is 24.4 Å². The van der Waals surface area contributed by atoms with Crippen molar-refractivity contribution in [1.82, 2.24) is 10.3 Å². The zero-order chi connectivity index (χ0) is 8.23. The van der Waals surface area contributed by atoms with Crippen molar-refractivity contribution in [1.29, 1.82) is 0 Å². The highest BCUT2D eigenvalue weighted by Gasteiger charge is 2.04. The van der Waals surface area contributed by atoms with Crippen LogP contribution in [-0.2, 0) is 0 Å². The quantitative estimate of drug-likeness (QED) is 0.805. The van der Waals surface area contributed by atoms with E-state index in [4.69, 9.17) is 0 Å². The van der Waals surface area contributed by atoms with Crippen LogP contribution in [0.25, 0.3) is 6.08 Å². The van der Waals surface area contributed by atoms with Crippen LogP contribution in [0.2, 0.25) is 0 Å². The van der Waals surface area contributed by atoms with Crippen molar-refractivity contribution >= 4 is 30.9 Å². The van der Waals surface area contributed by atoms with E-state index < -0.39 is 0 Å². The molecule has 0 amide bonds. The van der Waals surface area contributed by atoms with E-state index in [1.54, 1.807) is 0 Å². The smallest absolute Gasteiger partial charge is 0.0629 e. The average Bonchev–Trinajstić information content (AvgIpc) is 2.59. The van der Waals surface area contributed by atoms with Crippen molar-refractivity contribution in [3.8, 4) is 0 Å². The van der Waals surface area contributed by atoms with Crippen molar-refractivity contribution < 1.29 is 0 Å². The predicted octanol–water partition coefficient (Wildman–Crippen LogP) is 2.30. The van der Waals surface area contributed by atoms with E-state index in [0.717, 1.165) is 25.2 Å². The van der Waals surface area contributed by atoms with E-state index >= 15 is 0 Å². The summed E-state index contributed by atoms with van der Waals surface area (Å²) in [5.41, 5.74) is 2.52. The van der Waals surface area contributed by atoms with E-state index in [0.29, 0.717) is 0 Å². The van der Waals surface area contributed by atoms with E-state index in [2.05, 4.69) is 16.4 Å². The van der Waals surface area contributed by atoms with Gasteiger partial charge in [-0.25, -0.2) is 0 Å².